The molecule has 1 heterocycles. The van der Waals surface area contributed by atoms with Crippen LogP contribution in [0.2, 0.25) is 0 Å². The Bertz CT molecular complexity index is 903. The van der Waals surface area contributed by atoms with Crippen LogP contribution < -0.4 is 14.8 Å². The highest BCUT2D eigenvalue weighted by Crippen LogP contribution is 2.16. The number of hydrogen-bond acceptors (Lipinski definition) is 6. The monoisotopic (exact) mass is 381 g/mol. The average molecular weight is 381 g/mol. The van der Waals surface area contributed by atoms with E-state index in [9.17, 15) is 18.0 Å². The average Bonchev–Trinajstić information content (AvgIpc) is 3.03. The molecule has 140 valence electrons. The number of aromatic nitrogens is 1. The third-order valence-electron chi connectivity index (χ3n) is 3.48. The molecule has 2 aromatic rings. The van der Waals surface area contributed by atoms with E-state index >= 15 is 0 Å². The molecular formula is C16H19N3O6S. The fourth-order valence-corrected chi connectivity index (χ4v) is 2.88. The molecule has 9 nitrogen and oxygen atoms in total. The van der Waals surface area contributed by atoms with Crippen LogP contribution in [0.4, 0.5) is 5.69 Å². The number of rotatable bonds is 7. The van der Waals surface area contributed by atoms with Crippen LogP contribution in [-0.2, 0) is 26.6 Å². The second kappa shape index (κ2) is 8.02. The molecule has 10 heteroatoms. The summed E-state index contributed by atoms with van der Waals surface area (Å²) in [5.41, 5.74) is 0.532. The van der Waals surface area contributed by atoms with E-state index in [0.29, 0.717) is 11.4 Å². The van der Waals surface area contributed by atoms with Crippen molar-refractivity contribution in [3.8, 4) is 5.75 Å². The molecule has 1 amide bonds. The Morgan fingerprint density at radius 2 is 1.85 bits per heavy atom. The van der Waals surface area contributed by atoms with E-state index in [4.69, 9.17) is 9.47 Å². The maximum Gasteiger partial charge on any atom is 0.355 e. The van der Waals surface area contributed by atoms with Crippen molar-refractivity contribution in [1.29, 1.82) is 0 Å². The zero-order valence-electron chi connectivity index (χ0n) is 14.5. The number of carbonyl (C=O) groups is 2. The molecule has 1 aromatic heterocycles. The molecule has 0 unspecified atom stereocenters. The van der Waals surface area contributed by atoms with Gasteiger partial charge in [0.25, 0.3) is 5.91 Å². The molecule has 0 aliphatic carbocycles. The standard InChI is InChI=1S/C16H19N3O6S/c1-17-26(22,23)13-8-14(19(2)9-13)16(21)25-10-15(20)18-11-4-6-12(24-3)7-5-11/h4-9,17H,10H2,1-3H3,(H,18,20). The van der Waals surface area contributed by atoms with Gasteiger partial charge in [-0.3, -0.25) is 4.79 Å². The normalized spacial score (nSPS) is 11.0. The SMILES string of the molecule is CNS(=O)(=O)c1cc(C(=O)OCC(=O)Nc2ccc(OC)cc2)n(C)c1. The number of aryl methyl sites for hydroxylation is 1. The zero-order valence-corrected chi connectivity index (χ0v) is 15.3. The lowest BCUT2D eigenvalue weighted by atomic mass is 10.3. The Balaban J connectivity index is 1.96. The lowest BCUT2D eigenvalue weighted by Gasteiger charge is -2.07. The molecule has 0 aliphatic rings. The molecule has 1 aromatic carbocycles. The highest BCUT2D eigenvalue weighted by Gasteiger charge is 2.20. The number of nitrogens with zero attached hydrogens (tertiary/aromatic N) is 1. The molecule has 0 spiro atoms. The Morgan fingerprint density at radius 3 is 2.42 bits per heavy atom. The van der Waals surface area contributed by atoms with Gasteiger partial charge in [0, 0.05) is 18.9 Å². The summed E-state index contributed by atoms with van der Waals surface area (Å²) in [4.78, 5) is 23.9. The maximum absolute atomic E-state index is 12.1. The van der Waals surface area contributed by atoms with Crippen LogP contribution in [0, 0.1) is 0 Å². The second-order valence-electron chi connectivity index (χ2n) is 5.23. The maximum atomic E-state index is 12.1. The molecule has 0 saturated carbocycles. The summed E-state index contributed by atoms with van der Waals surface area (Å²) < 4.78 is 36.9. The molecule has 0 fully saturated rings. The molecule has 0 atom stereocenters. The number of nitrogens with one attached hydrogen (secondary N) is 2. The molecule has 0 aliphatic heterocycles. The van der Waals surface area contributed by atoms with Gasteiger partial charge >= 0.3 is 5.97 Å². The first kappa shape index (κ1) is 19.5. The van der Waals surface area contributed by atoms with Gasteiger partial charge in [-0.25, -0.2) is 17.9 Å². The van der Waals surface area contributed by atoms with E-state index in [2.05, 4.69) is 10.0 Å². The van der Waals surface area contributed by atoms with Crippen molar-refractivity contribution in [2.24, 2.45) is 7.05 Å². The number of amides is 1. The van der Waals surface area contributed by atoms with Gasteiger partial charge in [0.1, 0.15) is 16.3 Å². The van der Waals surface area contributed by atoms with E-state index < -0.39 is 28.5 Å². The highest BCUT2D eigenvalue weighted by atomic mass is 32.2. The quantitative estimate of drug-likeness (QED) is 0.684. The number of carbonyl (C=O) groups excluding carboxylic acids is 2. The predicted octanol–water partition coefficient (Wildman–Crippen LogP) is 0.737. The number of sulfonamides is 1. The minimum absolute atomic E-state index is 0.0103. The van der Waals surface area contributed by atoms with E-state index in [1.807, 2.05) is 0 Å². The topological polar surface area (TPSA) is 116 Å². The van der Waals surface area contributed by atoms with Gasteiger partial charge in [-0.05, 0) is 37.4 Å². The molecule has 2 rings (SSSR count). The van der Waals surface area contributed by atoms with Crippen LogP contribution in [-0.4, -0.2) is 45.6 Å². The summed E-state index contributed by atoms with van der Waals surface area (Å²) in [5, 5.41) is 2.57. The third-order valence-corrected chi connectivity index (χ3v) is 4.86. The van der Waals surface area contributed by atoms with Crippen LogP contribution >= 0.6 is 0 Å². The fraction of sp³-hybridized carbons (Fsp3) is 0.250. The van der Waals surface area contributed by atoms with Gasteiger partial charge in [0.15, 0.2) is 6.61 Å². The van der Waals surface area contributed by atoms with E-state index in [1.165, 1.54) is 38.0 Å². The summed E-state index contributed by atoms with van der Waals surface area (Å²) in [6.07, 6.45) is 1.28. The largest absolute Gasteiger partial charge is 0.497 e. The van der Waals surface area contributed by atoms with Crippen LogP contribution in [0.25, 0.3) is 0 Å². The number of ether oxygens (including phenoxy) is 2. The minimum atomic E-state index is -3.68. The van der Waals surface area contributed by atoms with Gasteiger partial charge in [0.2, 0.25) is 10.0 Å². The van der Waals surface area contributed by atoms with Crippen LogP contribution in [0.1, 0.15) is 10.5 Å². The van der Waals surface area contributed by atoms with Crippen molar-refractivity contribution in [3.63, 3.8) is 0 Å². The molecule has 0 radical (unpaired) electrons. The molecular weight excluding hydrogens is 362 g/mol. The van der Waals surface area contributed by atoms with E-state index in [1.54, 1.807) is 24.3 Å². The Kier molecular flexibility index (Phi) is 6.01. The zero-order chi connectivity index (χ0) is 19.3. The predicted molar refractivity (Wildman–Crippen MR) is 93.6 cm³/mol. The van der Waals surface area contributed by atoms with Crippen molar-refractivity contribution in [2.45, 2.75) is 4.90 Å². The van der Waals surface area contributed by atoms with E-state index in [0.717, 1.165) is 0 Å². The van der Waals surface area contributed by atoms with Crippen LogP contribution in [0.5, 0.6) is 5.75 Å². The lowest BCUT2D eigenvalue weighted by Crippen LogP contribution is -2.21. The lowest BCUT2D eigenvalue weighted by molar-refractivity contribution is -0.119. The summed E-state index contributed by atoms with van der Waals surface area (Å²) in [6, 6.07) is 7.81. The van der Waals surface area contributed by atoms with Gasteiger partial charge in [0.05, 0.1) is 7.11 Å². The summed E-state index contributed by atoms with van der Waals surface area (Å²) in [6.45, 7) is -0.510. The second-order valence-corrected chi connectivity index (χ2v) is 7.12. The Morgan fingerprint density at radius 1 is 1.19 bits per heavy atom. The smallest absolute Gasteiger partial charge is 0.355 e. The van der Waals surface area contributed by atoms with Crippen LogP contribution in [0.3, 0.4) is 0 Å². The number of esters is 1. The van der Waals surface area contributed by atoms with Gasteiger partial charge < -0.3 is 19.4 Å². The van der Waals surface area contributed by atoms with Crippen molar-refractivity contribution >= 4 is 27.6 Å². The first-order valence-electron chi connectivity index (χ1n) is 7.47. The fourth-order valence-electron chi connectivity index (χ4n) is 2.08. The molecule has 0 bridgehead atoms. The third kappa shape index (κ3) is 4.61. The van der Waals surface area contributed by atoms with Gasteiger partial charge in [-0.15, -0.1) is 0 Å². The number of hydrogen-bond donors (Lipinski definition) is 2. The summed E-state index contributed by atoms with van der Waals surface area (Å²) >= 11 is 0. The van der Waals surface area contributed by atoms with E-state index in [-0.39, 0.29) is 10.6 Å². The van der Waals surface area contributed by atoms with Crippen molar-refractivity contribution in [1.82, 2.24) is 9.29 Å². The Hall–Kier alpha value is -2.85. The summed E-state index contributed by atoms with van der Waals surface area (Å²) in [5.74, 6) is -0.693. The molecule has 0 saturated heterocycles. The number of anilines is 1. The first-order chi connectivity index (χ1) is 12.3. The Labute approximate surface area is 151 Å². The highest BCUT2D eigenvalue weighted by molar-refractivity contribution is 7.89. The summed E-state index contributed by atoms with van der Waals surface area (Å²) in [7, 11) is 0.623. The minimum Gasteiger partial charge on any atom is -0.497 e. The molecule has 2 N–H and O–H groups in total. The van der Waals surface area contributed by atoms with Crippen molar-refractivity contribution < 1.29 is 27.5 Å². The van der Waals surface area contributed by atoms with Crippen LogP contribution in [0.15, 0.2) is 41.4 Å². The van der Waals surface area contributed by atoms with Crippen molar-refractivity contribution in [2.75, 3.05) is 26.1 Å². The van der Waals surface area contributed by atoms with Crippen molar-refractivity contribution in [3.05, 3.63) is 42.2 Å². The van der Waals surface area contributed by atoms with Gasteiger partial charge in [-0.1, -0.05) is 0 Å². The first-order valence-corrected chi connectivity index (χ1v) is 8.96. The molecule has 26 heavy (non-hydrogen) atoms. The number of methoxy groups -OCH3 is 1. The number of benzene rings is 1. The van der Waals surface area contributed by atoms with Gasteiger partial charge in [-0.2, -0.15) is 0 Å².